The first kappa shape index (κ1) is 19.1. The molecule has 5 nitrogen and oxygen atoms in total. The lowest BCUT2D eigenvalue weighted by Crippen LogP contribution is -2.55. The van der Waals surface area contributed by atoms with Crippen LogP contribution in [0.15, 0.2) is 0 Å². The van der Waals surface area contributed by atoms with E-state index in [2.05, 4.69) is 26.5 Å². The minimum absolute atomic E-state index is 0.861. The molecule has 6 heterocycles. The third-order valence-electron chi connectivity index (χ3n) is 5.45. The van der Waals surface area contributed by atoms with Crippen molar-refractivity contribution >= 4 is 0 Å². The van der Waals surface area contributed by atoms with Gasteiger partial charge in [0.25, 0.3) is 0 Å². The molecule has 0 aromatic rings. The Balaban J connectivity index is 0.000000126. The van der Waals surface area contributed by atoms with Crippen LogP contribution in [0.4, 0.5) is 0 Å². The molecule has 2 N–H and O–H groups in total. The molecule has 23 heavy (non-hydrogen) atoms. The minimum Gasteiger partial charge on any atom is -0.330 e. The molecular formula is C18H39N5. The van der Waals surface area contributed by atoms with Crippen LogP contribution in [0.5, 0.6) is 0 Å². The van der Waals surface area contributed by atoms with Crippen molar-refractivity contribution in [3.05, 3.63) is 0 Å². The van der Waals surface area contributed by atoms with Gasteiger partial charge in [-0.05, 0) is 13.0 Å². The Hall–Kier alpha value is -0.200. The summed E-state index contributed by atoms with van der Waals surface area (Å²) in [5.41, 5.74) is 5.27. The van der Waals surface area contributed by atoms with E-state index in [4.69, 9.17) is 5.73 Å². The number of fused-ring (bicyclic) bond motifs is 6. The molecule has 4 bridgehead atoms. The molecule has 0 spiro atoms. The monoisotopic (exact) mass is 325 g/mol. The molecule has 5 heteroatoms. The van der Waals surface area contributed by atoms with Crippen LogP contribution in [0.2, 0.25) is 0 Å². The van der Waals surface area contributed by atoms with Gasteiger partial charge in [-0.1, -0.05) is 26.2 Å². The molecule has 0 radical (unpaired) electrons. The van der Waals surface area contributed by atoms with Crippen molar-refractivity contribution in [2.75, 3.05) is 85.1 Å². The largest absolute Gasteiger partial charge is 0.330 e. The fraction of sp³-hybridized carbons (Fsp3) is 1.00. The zero-order valence-corrected chi connectivity index (χ0v) is 15.4. The summed E-state index contributed by atoms with van der Waals surface area (Å²) in [5.74, 6) is 0. The van der Waals surface area contributed by atoms with Gasteiger partial charge in [0.05, 0.1) is 0 Å². The van der Waals surface area contributed by atoms with Crippen molar-refractivity contribution in [3.63, 3.8) is 0 Å². The molecule has 0 aromatic heterocycles. The second kappa shape index (κ2) is 11.4. The molecule has 0 saturated carbocycles. The highest BCUT2D eigenvalue weighted by Crippen LogP contribution is 2.07. The standard InChI is InChI=1S/2C6H12N2.C6H15N/c2*1-2-8-5-3-7(1)4-6-8;1-2-3-4-5-6-7/h2*1-6H2;2-7H2,1H3. The van der Waals surface area contributed by atoms with E-state index in [0.29, 0.717) is 0 Å². The Morgan fingerprint density at radius 2 is 0.826 bits per heavy atom. The average molecular weight is 326 g/mol. The molecule has 0 unspecified atom stereocenters. The fourth-order valence-corrected chi connectivity index (χ4v) is 3.61. The molecule has 0 amide bonds. The smallest absolute Gasteiger partial charge is 0.0110 e. The third kappa shape index (κ3) is 7.48. The highest BCUT2D eigenvalue weighted by Gasteiger charge is 2.22. The van der Waals surface area contributed by atoms with Crippen LogP contribution < -0.4 is 5.73 Å². The molecule has 6 saturated heterocycles. The number of nitrogens with zero attached hydrogens (tertiary/aromatic N) is 4. The van der Waals surface area contributed by atoms with E-state index in [1.807, 2.05) is 0 Å². The van der Waals surface area contributed by atoms with Crippen LogP contribution in [-0.4, -0.2) is 105 Å². The summed E-state index contributed by atoms with van der Waals surface area (Å²) in [6, 6.07) is 0. The number of unbranched alkanes of at least 4 members (excludes halogenated alkanes) is 3. The second-order valence-corrected chi connectivity index (χ2v) is 7.22. The van der Waals surface area contributed by atoms with Crippen LogP contribution in [-0.2, 0) is 0 Å². The maximum atomic E-state index is 5.27. The minimum atomic E-state index is 0.861. The number of hydrogen-bond donors (Lipinski definition) is 1. The Kier molecular flexibility index (Phi) is 9.46. The molecular weight excluding hydrogens is 286 g/mol. The van der Waals surface area contributed by atoms with Crippen molar-refractivity contribution in [2.24, 2.45) is 5.73 Å². The first-order chi connectivity index (χ1) is 11.3. The fourth-order valence-electron chi connectivity index (χ4n) is 3.61. The maximum Gasteiger partial charge on any atom is 0.0110 e. The predicted octanol–water partition coefficient (Wildman–Crippen LogP) is 0.761. The van der Waals surface area contributed by atoms with E-state index in [1.54, 1.807) is 0 Å². The zero-order chi connectivity index (χ0) is 16.3. The Morgan fingerprint density at radius 1 is 0.522 bits per heavy atom. The lowest BCUT2D eigenvalue weighted by atomic mass is 10.2. The molecule has 6 rings (SSSR count). The van der Waals surface area contributed by atoms with Crippen LogP contribution in [0.25, 0.3) is 0 Å². The van der Waals surface area contributed by atoms with E-state index in [0.717, 1.165) is 6.54 Å². The molecule has 6 aliphatic rings. The maximum absolute atomic E-state index is 5.27. The van der Waals surface area contributed by atoms with Crippen molar-refractivity contribution < 1.29 is 0 Å². The summed E-state index contributed by atoms with van der Waals surface area (Å²) in [4.78, 5) is 10.2. The molecule has 0 atom stereocenters. The van der Waals surface area contributed by atoms with Crippen molar-refractivity contribution in [1.82, 2.24) is 19.6 Å². The topological polar surface area (TPSA) is 39.0 Å². The number of piperazine rings is 6. The van der Waals surface area contributed by atoms with Gasteiger partial charge in [0.1, 0.15) is 0 Å². The van der Waals surface area contributed by atoms with E-state index in [-0.39, 0.29) is 0 Å². The van der Waals surface area contributed by atoms with Crippen molar-refractivity contribution in [3.8, 4) is 0 Å². The van der Waals surface area contributed by atoms with Gasteiger partial charge in [-0.25, -0.2) is 0 Å². The van der Waals surface area contributed by atoms with Crippen LogP contribution in [0.3, 0.4) is 0 Å². The third-order valence-corrected chi connectivity index (χ3v) is 5.45. The van der Waals surface area contributed by atoms with E-state index in [1.165, 1.54) is 104 Å². The zero-order valence-electron chi connectivity index (χ0n) is 15.4. The van der Waals surface area contributed by atoms with Crippen LogP contribution in [0.1, 0.15) is 32.6 Å². The molecule has 136 valence electrons. The summed E-state index contributed by atoms with van der Waals surface area (Å²) >= 11 is 0. The lowest BCUT2D eigenvalue weighted by molar-refractivity contribution is 0.0647. The normalized spacial score (nSPS) is 34.2. The highest BCUT2D eigenvalue weighted by molar-refractivity contribution is 4.79. The van der Waals surface area contributed by atoms with Gasteiger partial charge in [-0.3, -0.25) is 19.6 Å². The molecule has 6 fully saturated rings. The lowest BCUT2D eigenvalue weighted by Gasteiger charge is -2.41. The van der Waals surface area contributed by atoms with Crippen molar-refractivity contribution in [1.29, 1.82) is 0 Å². The van der Waals surface area contributed by atoms with Gasteiger partial charge in [-0.2, -0.15) is 0 Å². The van der Waals surface area contributed by atoms with Gasteiger partial charge < -0.3 is 5.73 Å². The summed E-state index contributed by atoms with van der Waals surface area (Å²) in [6.07, 6.45) is 5.16. The SMILES string of the molecule is C1CN2CCN1CC2.C1CN2CCN1CC2.CCCCCCN. The van der Waals surface area contributed by atoms with Crippen LogP contribution in [0, 0.1) is 0 Å². The summed E-state index contributed by atoms with van der Waals surface area (Å²) < 4.78 is 0. The van der Waals surface area contributed by atoms with E-state index < -0.39 is 0 Å². The highest BCUT2D eigenvalue weighted by atomic mass is 15.3. The predicted molar refractivity (Wildman–Crippen MR) is 99.0 cm³/mol. The number of rotatable bonds is 4. The second-order valence-electron chi connectivity index (χ2n) is 7.22. The number of hydrogen-bond acceptors (Lipinski definition) is 5. The first-order valence-electron chi connectivity index (χ1n) is 9.91. The molecule has 0 aromatic carbocycles. The Labute approximate surface area is 143 Å². The van der Waals surface area contributed by atoms with E-state index >= 15 is 0 Å². The van der Waals surface area contributed by atoms with Gasteiger partial charge >= 0.3 is 0 Å². The van der Waals surface area contributed by atoms with Gasteiger partial charge in [0.2, 0.25) is 0 Å². The van der Waals surface area contributed by atoms with Crippen molar-refractivity contribution in [2.45, 2.75) is 32.6 Å². The van der Waals surface area contributed by atoms with Gasteiger partial charge in [0.15, 0.2) is 0 Å². The summed E-state index contributed by atoms with van der Waals surface area (Å²) in [6.45, 7) is 18.9. The quantitative estimate of drug-likeness (QED) is 0.773. The van der Waals surface area contributed by atoms with E-state index in [9.17, 15) is 0 Å². The molecule has 6 aliphatic heterocycles. The first-order valence-corrected chi connectivity index (χ1v) is 9.91. The average Bonchev–Trinajstić information content (AvgIpc) is 2.66. The van der Waals surface area contributed by atoms with Gasteiger partial charge in [-0.15, -0.1) is 0 Å². The Bertz CT molecular complexity index is 209. The van der Waals surface area contributed by atoms with Crippen LogP contribution >= 0.6 is 0 Å². The summed E-state index contributed by atoms with van der Waals surface area (Å²) in [7, 11) is 0. The number of nitrogens with two attached hydrogens (primary N) is 1. The summed E-state index contributed by atoms with van der Waals surface area (Å²) in [5, 5.41) is 0. The Morgan fingerprint density at radius 3 is 1.00 bits per heavy atom. The van der Waals surface area contributed by atoms with Gasteiger partial charge in [0, 0.05) is 78.5 Å². The molecule has 0 aliphatic carbocycles.